The Bertz CT molecular complexity index is 773. The van der Waals surface area contributed by atoms with E-state index in [0.717, 1.165) is 0 Å². The molecule has 43 heavy (non-hydrogen) atoms. The van der Waals surface area contributed by atoms with Crippen LogP contribution in [0, 0.1) is 14.2 Å². The molecule has 0 aromatic rings. The molecule has 0 fully saturated rings. The van der Waals surface area contributed by atoms with Crippen molar-refractivity contribution in [3.63, 3.8) is 0 Å². The fourth-order valence-electron chi connectivity index (χ4n) is 4.61. The first-order chi connectivity index (χ1) is 18.4. The molecule has 0 aliphatic carbocycles. The molecule has 0 aliphatic heterocycles. The van der Waals surface area contributed by atoms with Crippen molar-refractivity contribution in [2.75, 3.05) is 13.2 Å². The Balaban J connectivity index is -0.000000727. The molecule has 0 aliphatic rings. The van der Waals surface area contributed by atoms with Crippen molar-refractivity contribution in [2.24, 2.45) is 0 Å². The van der Waals surface area contributed by atoms with Gasteiger partial charge in [-0.05, 0) is 106 Å². The predicted molar refractivity (Wildman–Crippen MR) is 188 cm³/mol. The second kappa shape index (κ2) is 18.1. The van der Waals surface area contributed by atoms with E-state index in [1.807, 2.05) is 64.5 Å². The van der Waals surface area contributed by atoms with E-state index in [4.69, 9.17) is 34.5 Å². The molecule has 0 amide bonds. The first kappa shape index (κ1) is 47.0. The molecule has 0 rings (SSSR count). The summed E-state index contributed by atoms with van der Waals surface area (Å²) in [5.74, 6) is -1.20. The number of rotatable bonds is 18. The average Bonchev–Trinajstić information content (AvgIpc) is 2.60. The maximum absolute atomic E-state index is 9.95. The van der Waals surface area contributed by atoms with Gasteiger partial charge >= 0.3 is 42.8 Å². The minimum absolute atomic E-state index is 0. The second-order valence-corrected chi connectivity index (χ2v) is 39.3. The summed E-state index contributed by atoms with van der Waals surface area (Å²) < 4.78 is 46.0. The molecule has 2 N–H and O–H groups in total. The van der Waals surface area contributed by atoms with Gasteiger partial charge in [0.15, 0.2) is 22.4 Å². The Morgan fingerprint density at radius 2 is 0.860 bits per heavy atom. The summed E-state index contributed by atoms with van der Waals surface area (Å²) >= 11 is 0. The Morgan fingerprint density at radius 1 is 0.558 bits per heavy atom. The monoisotopic (exact) mass is 985 g/mol. The van der Waals surface area contributed by atoms with Crippen molar-refractivity contribution >= 4 is 59.4 Å². The van der Waals surface area contributed by atoms with E-state index in [1.165, 1.54) is 0 Å². The van der Waals surface area contributed by atoms with Crippen LogP contribution in [0.15, 0.2) is 23.6 Å². The minimum atomic E-state index is -2.60. The van der Waals surface area contributed by atoms with Crippen LogP contribution in [0.3, 0.4) is 0 Å². The van der Waals surface area contributed by atoms with E-state index < -0.39 is 65.2 Å². The summed E-state index contributed by atoms with van der Waals surface area (Å²) in [6.45, 7) is 32.0. The van der Waals surface area contributed by atoms with Crippen molar-refractivity contribution in [3.05, 3.63) is 37.8 Å². The SMILES string of the molecule is [CH2-]OC/C=C/[Si](C)(C)O[Si](C)(C)O[Si](C)(C)OC(C)(C)O.[CH2-]OC/C=C/[Si](C)(C)O[Si](C)(C)O[Si](C)(C)O[Si](C)(C)O.[Rf]. The first-order valence-corrected chi connectivity index (χ1v) is 34.2. The van der Waals surface area contributed by atoms with Crippen molar-refractivity contribution in [1.82, 2.24) is 0 Å². The topological polar surface area (TPSA) is 114 Å². The van der Waals surface area contributed by atoms with Gasteiger partial charge in [-0.1, -0.05) is 23.6 Å². The zero-order chi connectivity index (χ0) is 33.9. The fraction of sp³-hybridized carbons (Fsp3) is 0.760. The van der Waals surface area contributed by atoms with Crippen LogP contribution in [0.2, 0.25) is 91.7 Å². The molecule has 0 heterocycles. The summed E-state index contributed by atoms with van der Waals surface area (Å²) in [5, 5.41) is 9.81. The summed E-state index contributed by atoms with van der Waals surface area (Å²) in [4.78, 5) is 9.95. The molecule has 18 heteroatoms. The van der Waals surface area contributed by atoms with Gasteiger partial charge in [0.1, 0.15) is 0 Å². The summed E-state index contributed by atoms with van der Waals surface area (Å²) in [5.41, 5.74) is 4.15. The maximum atomic E-state index is 9.95. The summed E-state index contributed by atoms with van der Waals surface area (Å²) in [6, 6.07) is 0. The van der Waals surface area contributed by atoms with Gasteiger partial charge in [-0.3, -0.25) is 0 Å². The van der Waals surface area contributed by atoms with Gasteiger partial charge in [-0.25, -0.2) is 14.2 Å². The zero-order valence-electron chi connectivity index (χ0n) is 30.0. The van der Waals surface area contributed by atoms with Gasteiger partial charge in [0, 0.05) is 13.2 Å². The van der Waals surface area contributed by atoms with E-state index in [1.54, 1.807) is 26.9 Å². The predicted octanol–water partition coefficient (Wildman–Crippen LogP) is 6.52. The Labute approximate surface area is 265 Å². The van der Waals surface area contributed by atoms with Gasteiger partial charge in [-0.15, -0.1) is 0 Å². The van der Waals surface area contributed by atoms with Crippen LogP contribution in [0.1, 0.15) is 13.8 Å². The zero-order valence-corrected chi connectivity index (χ0v) is 43.4. The van der Waals surface area contributed by atoms with E-state index in [-0.39, 0.29) is 0 Å². The quantitative estimate of drug-likeness (QED) is 0.0895. The second-order valence-electron chi connectivity index (χ2n) is 13.9. The van der Waals surface area contributed by atoms with E-state index in [2.05, 4.69) is 51.8 Å². The van der Waals surface area contributed by atoms with Crippen molar-refractivity contribution < 1.29 is 44.4 Å². The van der Waals surface area contributed by atoms with Gasteiger partial charge in [0.2, 0.25) is 0 Å². The van der Waals surface area contributed by atoms with Crippen LogP contribution in [0.5, 0.6) is 0 Å². The first-order valence-electron chi connectivity index (χ1n) is 14.1. The molecule has 254 valence electrons. The largest absolute Gasteiger partial charge is 0.552 e. The Morgan fingerprint density at radius 3 is 1.14 bits per heavy atom. The standard InChI is InChI=1S/C13H31O5Si3.C12H31O5Si4.Rf/c1-13(2,14)16-20(6,7)18-21(8,9)17-19(4,5)12-10-11-15-3;1-14-11-10-12-18(2,3)15-20(6,7)17-21(8,9)16-19(4,5)13;/h10,12,14H,3,11H2,1-2,4-9H3;10,12-13H,1,11H2,2-9H3;/q2*-1;/b2*12-10+;. The minimum Gasteiger partial charge on any atom is -0.552 e. The van der Waals surface area contributed by atoms with Gasteiger partial charge < -0.3 is 44.4 Å². The summed E-state index contributed by atoms with van der Waals surface area (Å²) in [6.07, 6.45) is 3.87. The third kappa shape index (κ3) is 28.8. The van der Waals surface area contributed by atoms with Gasteiger partial charge in [0.25, 0.3) is 0 Å². The molecule has 10 nitrogen and oxygen atoms in total. The molecule has 0 aromatic heterocycles. The van der Waals surface area contributed by atoms with Crippen molar-refractivity contribution in [2.45, 2.75) is 111 Å². The third-order valence-electron chi connectivity index (χ3n) is 4.46. The van der Waals surface area contributed by atoms with Gasteiger partial charge in [-0.2, -0.15) is 0 Å². The molecule has 0 aromatic carbocycles. The van der Waals surface area contributed by atoms with Crippen LogP contribution < -0.4 is 0 Å². The molecule has 0 bridgehead atoms. The number of aliphatic hydroxyl groups is 1. The normalized spacial score (nSPS) is 14.6. The molecule has 0 saturated heterocycles. The summed E-state index contributed by atoms with van der Waals surface area (Å²) in [7, 11) is -9.43. The van der Waals surface area contributed by atoms with E-state index in [0.29, 0.717) is 13.2 Å². The molecular formula is C25H62O10RfSi7-2. The van der Waals surface area contributed by atoms with Crippen LogP contribution in [-0.4, -0.2) is 88.3 Å². The Hall–Kier alpha value is -0.402. The molecule has 0 radical (unpaired) electrons. The van der Waals surface area contributed by atoms with Crippen molar-refractivity contribution in [3.8, 4) is 0 Å². The maximum Gasteiger partial charge on any atom is 0.325 e. The van der Waals surface area contributed by atoms with Crippen LogP contribution in [0.4, 0.5) is 0 Å². The molecule has 0 atom stereocenters. The third-order valence-corrected chi connectivity index (χ3v) is 27.5. The number of ether oxygens (including phenoxy) is 2. The average molecular weight is 986 g/mol. The fourth-order valence-corrected chi connectivity index (χ4v) is 33.9. The van der Waals surface area contributed by atoms with Crippen molar-refractivity contribution in [1.29, 1.82) is 0 Å². The Kier molecular flexibility index (Phi) is 19.8. The van der Waals surface area contributed by atoms with Crippen LogP contribution in [0.25, 0.3) is 0 Å². The molecular weight excluding hydrogens is 924 g/mol. The number of hydrogen-bond donors (Lipinski definition) is 2. The van der Waals surface area contributed by atoms with Crippen LogP contribution in [-0.2, 0) is 34.5 Å². The van der Waals surface area contributed by atoms with Crippen LogP contribution >= 0.6 is 0 Å². The molecule has 0 spiro atoms. The smallest absolute Gasteiger partial charge is 0.325 e. The van der Waals surface area contributed by atoms with E-state index in [9.17, 15) is 9.90 Å². The molecule has 0 saturated carbocycles. The number of hydrogen-bond acceptors (Lipinski definition) is 10. The van der Waals surface area contributed by atoms with E-state index >= 15 is 0 Å². The van der Waals surface area contributed by atoms with Gasteiger partial charge in [0.05, 0.1) is 0 Å². The molecule has 0 unspecified atom stereocenters.